The zero-order valence-electron chi connectivity index (χ0n) is 15.9. The van der Waals surface area contributed by atoms with Gasteiger partial charge in [-0.3, -0.25) is 4.79 Å². The molecule has 1 fully saturated rings. The van der Waals surface area contributed by atoms with Gasteiger partial charge >= 0.3 is 5.97 Å². The van der Waals surface area contributed by atoms with Gasteiger partial charge < -0.3 is 25.1 Å². The average Bonchev–Trinajstić information content (AvgIpc) is 2.92. The first-order valence-electron chi connectivity index (χ1n) is 9.38. The minimum absolute atomic E-state index is 0.333. The van der Waals surface area contributed by atoms with E-state index in [0.717, 1.165) is 23.0 Å². The minimum atomic E-state index is -1.45. The molecule has 2 aromatic heterocycles. The highest BCUT2D eigenvalue weighted by atomic mass is 16.4. The van der Waals surface area contributed by atoms with Gasteiger partial charge in [-0.1, -0.05) is 12.5 Å². The molecule has 146 valence electrons. The van der Waals surface area contributed by atoms with E-state index in [1.54, 1.807) is 6.92 Å². The number of carbonyl (C=O) groups is 1. The normalized spacial score (nSPS) is 14.4. The Kier molecular flexibility index (Phi) is 4.47. The van der Waals surface area contributed by atoms with E-state index in [0.29, 0.717) is 17.3 Å². The lowest BCUT2D eigenvalue weighted by atomic mass is 9.93. The summed E-state index contributed by atoms with van der Waals surface area (Å²) in [6.45, 7) is 2.39. The monoisotopic (exact) mass is 381 g/mol. The van der Waals surface area contributed by atoms with Crippen molar-refractivity contribution in [3.05, 3.63) is 51.4 Å². The van der Waals surface area contributed by atoms with Gasteiger partial charge in [-0.25, -0.2) is 4.79 Å². The van der Waals surface area contributed by atoms with Crippen LogP contribution in [-0.2, 0) is 13.6 Å². The molecular formula is C21H23N3O4. The fourth-order valence-corrected chi connectivity index (χ4v) is 3.76. The second-order valence-corrected chi connectivity index (χ2v) is 7.46. The Hall–Kier alpha value is -3.06. The molecule has 0 unspecified atom stereocenters. The second-order valence-electron chi connectivity index (χ2n) is 7.46. The number of pyridine rings is 1. The summed E-state index contributed by atoms with van der Waals surface area (Å²) in [7, 11) is 2.03. The quantitative estimate of drug-likeness (QED) is 0.544. The van der Waals surface area contributed by atoms with Crippen molar-refractivity contribution in [2.45, 2.75) is 38.8 Å². The number of carboxylic acid groups (broad SMARTS) is 1. The first-order valence-corrected chi connectivity index (χ1v) is 9.38. The van der Waals surface area contributed by atoms with Gasteiger partial charge in [0.25, 0.3) is 5.56 Å². The number of aryl methyl sites for hydroxylation is 1. The lowest BCUT2D eigenvalue weighted by Crippen LogP contribution is -2.34. The minimum Gasteiger partial charge on any atom is -0.506 e. The summed E-state index contributed by atoms with van der Waals surface area (Å²) in [6, 6.07) is 8.50. The average molecular weight is 381 g/mol. The fourth-order valence-electron chi connectivity index (χ4n) is 3.76. The van der Waals surface area contributed by atoms with Crippen molar-refractivity contribution in [2.24, 2.45) is 7.05 Å². The molecule has 0 amide bonds. The maximum Gasteiger partial charge on any atom is 0.345 e. The summed E-state index contributed by atoms with van der Waals surface area (Å²) in [5.41, 5.74) is 2.27. The zero-order valence-corrected chi connectivity index (χ0v) is 15.9. The van der Waals surface area contributed by atoms with Crippen molar-refractivity contribution in [3.63, 3.8) is 0 Å². The standard InChI is InChI=1S/C21H23N3O4/c1-11-18(23-20(26)17(19(11)25)21(27)28)12-6-7-16-13(8-12)9-15(24(16)2)10-22-14-4-3-5-14/h6-9,14,22H,3-5,10H2,1-2H3,(H,27,28)(H2,23,25,26). The SMILES string of the molecule is Cc1c(-c2ccc3c(c2)cc(CNC2CCC2)n3C)[nH]c(=O)c(C(=O)O)c1O. The molecule has 0 aliphatic heterocycles. The summed E-state index contributed by atoms with van der Waals surface area (Å²) in [5.74, 6) is -1.94. The fraction of sp³-hybridized carbons (Fsp3) is 0.333. The summed E-state index contributed by atoms with van der Waals surface area (Å²) in [4.78, 5) is 25.9. The number of aromatic nitrogens is 2. The number of aromatic amines is 1. The smallest absolute Gasteiger partial charge is 0.345 e. The van der Waals surface area contributed by atoms with Gasteiger partial charge in [0.05, 0.1) is 5.69 Å². The molecule has 0 bridgehead atoms. The topological polar surface area (TPSA) is 107 Å². The molecule has 1 aliphatic carbocycles. The van der Waals surface area contributed by atoms with Crippen molar-refractivity contribution in [1.82, 2.24) is 14.9 Å². The molecule has 7 nitrogen and oxygen atoms in total. The lowest BCUT2D eigenvalue weighted by Gasteiger charge is -2.26. The molecule has 4 N–H and O–H groups in total. The molecule has 3 aromatic rings. The van der Waals surface area contributed by atoms with Gasteiger partial charge in [-0.05, 0) is 43.5 Å². The number of carboxylic acids is 1. The number of aromatic carboxylic acids is 1. The molecule has 2 heterocycles. The molecule has 0 saturated heterocycles. The Bertz CT molecular complexity index is 1140. The van der Waals surface area contributed by atoms with Gasteiger partial charge in [0.15, 0.2) is 5.56 Å². The molecule has 0 radical (unpaired) electrons. The van der Waals surface area contributed by atoms with Crippen LogP contribution in [0, 0.1) is 6.92 Å². The lowest BCUT2D eigenvalue weighted by molar-refractivity contribution is 0.0691. The van der Waals surface area contributed by atoms with E-state index in [4.69, 9.17) is 5.11 Å². The van der Waals surface area contributed by atoms with Crippen LogP contribution in [0.15, 0.2) is 29.1 Å². The number of aromatic hydroxyl groups is 1. The van der Waals surface area contributed by atoms with Crippen molar-refractivity contribution < 1.29 is 15.0 Å². The maximum absolute atomic E-state index is 12.1. The summed E-state index contributed by atoms with van der Waals surface area (Å²) < 4.78 is 2.14. The third-order valence-electron chi connectivity index (χ3n) is 5.75. The molecule has 28 heavy (non-hydrogen) atoms. The molecule has 0 atom stereocenters. The van der Waals surface area contributed by atoms with Crippen LogP contribution in [-0.4, -0.2) is 31.8 Å². The first-order chi connectivity index (χ1) is 13.4. The zero-order chi connectivity index (χ0) is 20.0. The number of rotatable bonds is 5. The molecule has 1 saturated carbocycles. The van der Waals surface area contributed by atoms with Gasteiger partial charge in [-0.2, -0.15) is 0 Å². The van der Waals surface area contributed by atoms with E-state index in [1.807, 2.05) is 25.2 Å². The predicted molar refractivity (Wildman–Crippen MR) is 107 cm³/mol. The summed E-state index contributed by atoms with van der Waals surface area (Å²) in [5, 5.41) is 23.9. The Morgan fingerprint density at radius 3 is 2.71 bits per heavy atom. The predicted octanol–water partition coefficient (Wildman–Crippen LogP) is 2.89. The van der Waals surface area contributed by atoms with E-state index in [1.165, 1.54) is 25.0 Å². The van der Waals surface area contributed by atoms with E-state index in [-0.39, 0.29) is 0 Å². The highest BCUT2D eigenvalue weighted by molar-refractivity contribution is 5.92. The highest BCUT2D eigenvalue weighted by Crippen LogP contribution is 2.31. The van der Waals surface area contributed by atoms with Crippen LogP contribution in [0.3, 0.4) is 0 Å². The van der Waals surface area contributed by atoms with Crippen molar-refractivity contribution in [3.8, 4) is 17.0 Å². The Labute approximate surface area is 161 Å². The molecular weight excluding hydrogens is 358 g/mol. The third kappa shape index (κ3) is 2.97. The third-order valence-corrected chi connectivity index (χ3v) is 5.75. The molecule has 1 aromatic carbocycles. The first kappa shape index (κ1) is 18.3. The van der Waals surface area contributed by atoms with E-state index >= 15 is 0 Å². The number of nitrogens with one attached hydrogen (secondary N) is 2. The van der Waals surface area contributed by atoms with Crippen LogP contribution >= 0.6 is 0 Å². The van der Waals surface area contributed by atoms with Crippen molar-refractivity contribution in [2.75, 3.05) is 0 Å². The van der Waals surface area contributed by atoms with E-state index in [9.17, 15) is 14.7 Å². The number of fused-ring (bicyclic) bond motifs is 1. The largest absolute Gasteiger partial charge is 0.506 e. The molecule has 1 aliphatic rings. The Morgan fingerprint density at radius 2 is 2.07 bits per heavy atom. The Balaban J connectivity index is 1.74. The van der Waals surface area contributed by atoms with Gasteiger partial charge in [0.2, 0.25) is 0 Å². The van der Waals surface area contributed by atoms with Gasteiger partial charge in [-0.15, -0.1) is 0 Å². The number of nitrogens with zero attached hydrogens (tertiary/aromatic N) is 1. The number of H-pyrrole nitrogens is 1. The molecule has 7 heteroatoms. The van der Waals surface area contributed by atoms with Crippen LogP contribution < -0.4 is 10.9 Å². The van der Waals surface area contributed by atoms with Crippen LogP contribution in [0.5, 0.6) is 5.75 Å². The van der Waals surface area contributed by atoms with Gasteiger partial charge in [0, 0.05) is 41.8 Å². The second kappa shape index (κ2) is 6.83. The Morgan fingerprint density at radius 1 is 1.32 bits per heavy atom. The summed E-state index contributed by atoms with van der Waals surface area (Å²) in [6.07, 6.45) is 3.76. The van der Waals surface area contributed by atoms with Crippen LogP contribution in [0.2, 0.25) is 0 Å². The number of hydrogen-bond donors (Lipinski definition) is 4. The van der Waals surface area contributed by atoms with Gasteiger partial charge in [0.1, 0.15) is 5.75 Å². The van der Waals surface area contributed by atoms with E-state index < -0.39 is 22.8 Å². The molecule has 4 rings (SSSR count). The van der Waals surface area contributed by atoms with Crippen molar-refractivity contribution >= 4 is 16.9 Å². The maximum atomic E-state index is 12.1. The van der Waals surface area contributed by atoms with E-state index in [2.05, 4.69) is 20.9 Å². The molecule has 0 spiro atoms. The van der Waals surface area contributed by atoms with Crippen molar-refractivity contribution in [1.29, 1.82) is 0 Å². The van der Waals surface area contributed by atoms with Crippen LogP contribution in [0.25, 0.3) is 22.2 Å². The number of hydrogen-bond acceptors (Lipinski definition) is 4. The van der Waals surface area contributed by atoms with Crippen LogP contribution in [0.4, 0.5) is 0 Å². The van der Waals surface area contributed by atoms with Crippen LogP contribution in [0.1, 0.15) is 40.9 Å². The summed E-state index contributed by atoms with van der Waals surface area (Å²) >= 11 is 0. The highest BCUT2D eigenvalue weighted by Gasteiger charge is 2.21. The number of benzene rings is 1.